The van der Waals surface area contributed by atoms with Gasteiger partial charge in [0.15, 0.2) is 5.82 Å². The van der Waals surface area contributed by atoms with Crippen molar-refractivity contribution in [1.29, 1.82) is 0 Å². The predicted octanol–water partition coefficient (Wildman–Crippen LogP) is 5.80. The fourth-order valence-corrected chi connectivity index (χ4v) is 8.42. The SMILES string of the molecule is CN(CC1CN(C(=O)/C=C/C2CCN2C)C1)c1nc(OCC23CCCN2CCC3)nc2c(F)c(-c3cccc4cccc(Cl)c34)ncc12. The van der Waals surface area contributed by atoms with Gasteiger partial charge in [-0.2, -0.15) is 9.97 Å². The Morgan fingerprint density at radius 1 is 1.12 bits per heavy atom. The number of carbonyl (C=O) groups is 1. The number of halogens is 2. The summed E-state index contributed by atoms with van der Waals surface area (Å²) in [6.45, 7) is 5.69. The van der Waals surface area contributed by atoms with E-state index in [1.54, 1.807) is 18.3 Å². The lowest BCUT2D eigenvalue weighted by molar-refractivity contribution is -0.131. The van der Waals surface area contributed by atoms with Gasteiger partial charge in [-0.25, -0.2) is 4.39 Å². The molecule has 0 radical (unpaired) electrons. The van der Waals surface area contributed by atoms with E-state index in [1.165, 1.54) is 0 Å². The standard InChI is InChI=1S/C37H41ClFN7O2/c1-43-18-13-26(43)11-12-30(47)45-21-24(22-45)20-44(2)35-28-19-40-33(27-9-3-7-25-8-4-10-29(38)31(25)27)32(39)34(28)41-36(42-35)48-23-37-14-5-16-46(37)17-6-15-37/h3-4,7-12,19,24,26H,5-6,13-18,20-23H2,1-2H3/b12-11+. The highest BCUT2D eigenvalue weighted by molar-refractivity contribution is 6.36. The number of ether oxygens (including phenoxy) is 1. The largest absolute Gasteiger partial charge is 0.461 e. The van der Waals surface area contributed by atoms with Crippen molar-refractivity contribution in [1.82, 2.24) is 29.7 Å². The number of aromatic nitrogens is 3. The van der Waals surface area contributed by atoms with E-state index < -0.39 is 5.82 Å². The smallest absolute Gasteiger partial charge is 0.319 e. The quantitative estimate of drug-likeness (QED) is 0.207. The summed E-state index contributed by atoms with van der Waals surface area (Å²) < 4.78 is 23.1. The number of likely N-dealkylation sites (N-methyl/N-ethyl adjacent to an activating group) is 1. The Balaban J connectivity index is 1.09. The first kappa shape index (κ1) is 31.4. The number of hydrogen-bond donors (Lipinski definition) is 0. The normalized spacial score (nSPS) is 21.2. The first-order valence-electron chi connectivity index (χ1n) is 17.1. The summed E-state index contributed by atoms with van der Waals surface area (Å²) in [6.07, 6.45) is 11.0. The molecule has 2 aromatic heterocycles. The second kappa shape index (κ2) is 12.5. The molecule has 6 heterocycles. The number of anilines is 1. The Labute approximate surface area is 285 Å². The van der Waals surface area contributed by atoms with Crippen LogP contribution in [0.2, 0.25) is 5.02 Å². The van der Waals surface area contributed by atoms with E-state index >= 15 is 4.39 Å². The molecule has 4 saturated heterocycles. The van der Waals surface area contributed by atoms with Gasteiger partial charge in [-0.05, 0) is 63.7 Å². The molecule has 4 aliphatic heterocycles. The molecule has 0 saturated carbocycles. The summed E-state index contributed by atoms with van der Waals surface area (Å²) in [6, 6.07) is 11.9. The molecular weight excluding hydrogens is 629 g/mol. The Bertz CT molecular complexity index is 1900. The molecule has 1 atom stereocenters. The van der Waals surface area contributed by atoms with E-state index in [2.05, 4.69) is 26.8 Å². The van der Waals surface area contributed by atoms with Crippen molar-refractivity contribution >= 4 is 45.0 Å². The molecule has 0 bridgehead atoms. The number of benzene rings is 2. The molecule has 4 aromatic rings. The Morgan fingerprint density at radius 2 is 1.90 bits per heavy atom. The van der Waals surface area contributed by atoms with Gasteiger partial charge in [0.1, 0.15) is 23.6 Å². The highest BCUT2D eigenvalue weighted by Crippen LogP contribution is 2.40. The second-order valence-corrected chi connectivity index (χ2v) is 14.5. The zero-order valence-corrected chi connectivity index (χ0v) is 28.3. The summed E-state index contributed by atoms with van der Waals surface area (Å²) in [5, 5.41) is 2.70. The Kier molecular flexibility index (Phi) is 8.21. The topological polar surface area (TPSA) is 77.9 Å². The van der Waals surface area contributed by atoms with Gasteiger partial charge < -0.3 is 14.5 Å². The van der Waals surface area contributed by atoms with E-state index in [1.807, 2.05) is 53.3 Å². The first-order valence-corrected chi connectivity index (χ1v) is 17.5. The maximum absolute atomic E-state index is 16.7. The minimum absolute atomic E-state index is 0.00352. The van der Waals surface area contributed by atoms with E-state index in [4.69, 9.17) is 21.3 Å². The molecule has 4 fully saturated rings. The number of nitrogens with zero attached hydrogens (tertiary/aromatic N) is 7. The summed E-state index contributed by atoms with van der Waals surface area (Å²) in [7, 11) is 4.03. The Morgan fingerprint density at radius 3 is 2.62 bits per heavy atom. The van der Waals surface area contributed by atoms with Crippen molar-refractivity contribution in [2.24, 2.45) is 5.92 Å². The van der Waals surface area contributed by atoms with Gasteiger partial charge in [0.25, 0.3) is 0 Å². The van der Waals surface area contributed by atoms with Crippen molar-refractivity contribution in [3.8, 4) is 17.3 Å². The molecule has 9 nitrogen and oxygen atoms in total. The lowest BCUT2D eigenvalue weighted by Gasteiger charge is -2.41. The molecule has 11 heteroatoms. The van der Waals surface area contributed by atoms with Gasteiger partial charge in [0.05, 0.1) is 10.9 Å². The number of pyridine rings is 1. The molecule has 1 amide bonds. The highest BCUT2D eigenvalue weighted by Gasteiger charge is 2.45. The van der Waals surface area contributed by atoms with Crippen LogP contribution in [0.25, 0.3) is 32.9 Å². The third-order valence-electron chi connectivity index (χ3n) is 11.0. The van der Waals surface area contributed by atoms with Gasteiger partial charge in [-0.15, -0.1) is 0 Å². The summed E-state index contributed by atoms with van der Waals surface area (Å²) in [5.74, 6) is 0.339. The van der Waals surface area contributed by atoms with Crippen LogP contribution in [0, 0.1) is 11.7 Å². The van der Waals surface area contributed by atoms with Crippen LogP contribution in [0.15, 0.2) is 54.7 Å². The van der Waals surface area contributed by atoms with Crippen LogP contribution < -0.4 is 9.64 Å². The molecule has 48 heavy (non-hydrogen) atoms. The van der Waals surface area contributed by atoms with E-state index in [-0.39, 0.29) is 34.6 Å². The molecule has 8 rings (SSSR count). The first-order chi connectivity index (χ1) is 23.3. The van der Waals surface area contributed by atoms with Crippen molar-refractivity contribution in [3.63, 3.8) is 0 Å². The molecular formula is C37H41ClFN7O2. The second-order valence-electron chi connectivity index (χ2n) is 14.0. The van der Waals surface area contributed by atoms with E-state index in [9.17, 15) is 4.79 Å². The highest BCUT2D eigenvalue weighted by atomic mass is 35.5. The molecule has 4 aliphatic rings. The number of hydrogen-bond acceptors (Lipinski definition) is 8. The summed E-state index contributed by atoms with van der Waals surface area (Å²) in [4.78, 5) is 35.6. The maximum atomic E-state index is 16.7. The number of amides is 1. The van der Waals surface area contributed by atoms with Crippen LogP contribution in [0.3, 0.4) is 0 Å². The van der Waals surface area contributed by atoms with Crippen molar-refractivity contribution in [2.45, 2.75) is 43.7 Å². The molecule has 250 valence electrons. The van der Waals surface area contributed by atoms with Crippen LogP contribution in [0.5, 0.6) is 6.01 Å². The average Bonchev–Trinajstić information content (AvgIpc) is 3.65. The maximum Gasteiger partial charge on any atom is 0.319 e. The lowest BCUT2D eigenvalue weighted by Crippen LogP contribution is -2.53. The molecule has 1 unspecified atom stereocenters. The van der Waals surface area contributed by atoms with Gasteiger partial charge >= 0.3 is 6.01 Å². The minimum Gasteiger partial charge on any atom is -0.461 e. The Hall–Kier alpha value is -3.86. The van der Waals surface area contributed by atoms with Crippen molar-refractivity contribution in [3.05, 3.63) is 65.6 Å². The predicted molar refractivity (Wildman–Crippen MR) is 187 cm³/mol. The molecule has 0 spiro atoms. The van der Waals surface area contributed by atoms with Crippen LogP contribution in [-0.2, 0) is 4.79 Å². The van der Waals surface area contributed by atoms with Crippen molar-refractivity contribution in [2.75, 3.05) is 64.9 Å². The van der Waals surface area contributed by atoms with Gasteiger partial charge in [0.2, 0.25) is 5.91 Å². The third-order valence-corrected chi connectivity index (χ3v) is 11.3. The fraction of sp³-hybridized carbons (Fsp3) is 0.459. The summed E-state index contributed by atoms with van der Waals surface area (Å²) >= 11 is 6.63. The zero-order chi connectivity index (χ0) is 33.0. The van der Waals surface area contributed by atoms with Crippen molar-refractivity contribution < 1.29 is 13.9 Å². The fourth-order valence-electron chi connectivity index (χ4n) is 8.13. The average molecular weight is 670 g/mol. The molecule has 0 aliphatic carbocycles. The number of carbonyl (C=O) groups excluding carboxylic acids is 1. The third kappa shape index (κ3) is 5.57. The zero-order valence-electron chi connectivity index (χ0n) is 27.5. The van der Waals surface area contributed by atoms with E-state index in [0.717, 1.165) is 62.5 Å². The van der Waals surface area contributed by atoms with Crippen LogP contribution in [-0.4, -0.2) is 107 Å². The molecule has 0 N–H and O–H groups in total. The van der Waals surface area contributed by atoms with Gasteiger partial charge in [0, 0.05) is 73.4 Å². The van der Waals surface area contributed by atoms with Crippen LogP contribution >= 0.6 is 11.6 Å². The van der Waals surface area contributed by atoms with Crippen LogP contribution in [0.1, 0.15) is 32.1 Å². The summed E-state index contributed by atoms with van der Waals surface area (Å²) in [5.41, 5.74) is 0.957. The van der Waals surface area contributed by atoms with Crippen LogP contribution in [0.4, 0.5) is 10.2 Å². The van der Waals surface area contributed by atoms with Gasteiger partial charge in [-0.1, -0.05) is 48.0 Å². The molecule has 2 aromatic carbocycles. The monoisotopic (exact) mass is 669 g/mol. The minimum atomic E-state index is -0.535. The lowest BCUT2D eigenvalue weighted by atomic mass is 9.95. The van der Waals surface area contributed by atoms with Gasteiger partial charge in [-0.3, -0.25) is 19.6 Å². The van der Waals surface area contributed by atoms with E-state index in [0.29, 0.717) is 54.1 Å². The number of rotatable bonds is 9. The number of fused-ring (bicyclic) bond motifs is 3. The number of likely N-dealkylation sites (tertiary alicyclic amines) is 2.